The Kier molecular flexibility index (Phi) is 4.70. The molecule has 0 aliphatic heterocycles. The van der Waals surface area contributed by atoms with E-state index in [4.69, 9.17) is 0 Å². The lowest BCUT2D eigenvalue weighted by Crippen LogP contribution is -2.19. The van der Waals surface area contributed by atoms with Crippen LogP contribution in [-0.2, 0) is 12.7 Å². The summed E-state index contributed by atoms with van der Waals surface area (Å²) in [5, 5.41) is 0. The lowest BCUT2D eigenvalue weighted by molar-refractivity contribution is -0.137. The van der Waals surface area contributed by atoms with Crippen LogP contribution < -0.4 is 4.90 Å². The Hall–Kier alpha value is -2.89. The number of rotatable bonds is 4. The summed E-state index contributed by atoms with van der Waals surface area (Å²) in [5.74, 6) is 0.533. The van der Waals surface area contributed by atoms with Gasteiger partial charge in [0.2, 0.25) is 0 Å². The first kappa shape index (κ1) is 17.0. The minimum absolute atomic E-state index is 0.387. The maximum atomic E-state index is 13.0. The fourth-order valence-electron chi connectivity index (χ4n) is 2.59. The molecule has 0 amide bonds. The first-order valence-corrected chi connectivity index (χ1v) is 7.69. The van der Waals surface area contributed by atoms with E-state index in [0.29, 0.717) is 23.6 Å². The number of halogens is 3. The summed E-state index contributed by atoms with van der Waals surface area (Å²) < 4.78 is 39.0. The predicted octanol–water partition coefficient (Wildman–Crippen LogP) is 4.80. The van der Waals surface area contributed by atoms with Crippen LogP contribution >= 0.6 is 0 Å². The van der Waals surface area contributed by atoms with Gasteiger partial charge >= 0.3 is 6.18 Å². The van der Waals surface area contributed by atoms with E-state index >= 15 is 0 Å². The Balaban J connectivity index is 1.96. The summed E-state index contributed by atoms with van der Waals surface area (Å²) in [7, 11) is 1.84. The maximum Gasteiger partial charge on any atom is 0.416 e. The summed E-state index contributed by atoms with van der Waals surface area (Å²) >= 11 is 0. The van der Waals surface area contributed by atoms with Crippen molar-refractivity contribution in [2.45, 2.75) is 12.7 Å². The van der Waals surface area contributed by atoms with Crippen LogP contribution in [0.4, 0.5) is 19.0 Å². The second kappa shape index (κ2) is 6.93. The highest BCUT2D eigenvalue weighted by atomic mass is 19.4. The molecule has 25 heavy (non-hydrogen) atoms. The molecule has 0 saturated heterocycles. The number of hydrogen-bond donors (Lipinski definition) is 0. The van der Waals surface area contributed by atoms with Gasteiger partial charge in [-0.25, -0.2) is 4.98 Å². The van der Waals surface area contributed by atoms with Crippen LogP contribution in [-0.4, -0.2) is 17.0 Å². The van der Waals surface area contributed by atoms with Gasteiger partial charge in [-0.3, -0.25) is 4.98 Å². The largest absolute Gasteiger partial charge is 0.416 e. The van der Waals surface area contributed by atoms with Crippen molar-refractivity contribution in [2.75, 3.05) is 11.9 Å². The second-order valence-corrected chi connectivity index (χ2v) is 5.65. The van der Waals surface area contributed by atoms with Gasteiger partial charge in [0.25, 0.3) is 0 Å². The fraction of sp³-hybridized carbons (Fsp3) is 0.158. The third-order valence-electron chi connectivity index (χ3n) is 3.77. The van der Waals surface area contributed by atoms with E-state index in [2.05, 4.69) is 9.97 Å². The zero-order valence-corrected chi connectivity index (χ0v) is 13.5. The topological polar surface area (TPSA) is 29.0 Å². The van der Waals surface area contributed by atoms with E-state index in [9.17, 15) is 13.2 Å². The fourth-order valence-corrected chi connectivity index (χ4v) is 2.59. The van der Waals surface area contributed by atoms with Crippen LogP contribution in [0.1, 0.15) is 11.1 Å². The minimum Gasteiger partial charge on any atom is -0.354 e. The van der Waals surface area contributed by atoms with Crippen molar-refractivity contribution < 1.29 is 13.2 Å². The summed E-state index contributed by atoms with van der Waals surface area (Å²) in [4.78, 5) is 10.5. The Morgan fingerprint density at radius 1 is 0.920 bits per heavy atom. The summed E-state index contributed by atoms with van der Waals surface area (Å²) in [6.45, 7) is 0.575. The molecular weight excluding hydrogens is 327 g/mol. The van der Waals surface area contributed by atoms with E-state index < -0.39 is 11.7 Å². The van der Waals surface area contributed by atoms with Gasteiger partial charge in [-0.15, -0.1) is 0 Å². The number of hydrogen-bond acceptors (Lipinski definition) is 3. The smallest absolute Gasteiger partial charge is 0.354 e. The number of alkyl halides is 3. The van der Waals surface area contributed by atoms with E-state index in [0.717, 1.165) is 17.7 Å². The predicted molar refractivity (Wildman–Crippen MR) is 91.0 cm³/mol. The first-order chi connectivity index (χ1) is 11.9. The molecule has 0 N–H and O–H groups in total. The third kappa shape index (κ3) is 3.96. The molecule has 3 rings (SSSR count). The standard InChI is InChI=1S/C19H16F3N3/c1-25(13-14-6-3-2-4-7-14)18-17(23-10-11-24-18)15-8-5-9-16(12-15)19(20,21)22/h2-12H,13H2,1H3. The Bertz CT molecular complexity index is 848. The lowest BCUT2D eigenvalue weighted by atomic mass is 10.1. The molecule has 3 nitrogen and oxygen atoms in total. The van der Waals surface area contributed by atoms with Gasteiger partial charge in [-0.2, -0.15) is 13.2 Å². The molecule has 0 aliphatic carbocycles. The van der Waals surface area contributed by atoms with E-state index in [1.165, 1.54) is 18.5 Å². The molecule has 0 fully saturated rings. The molecule has 0 bridgehead atoms. The van der Waals surface area contributed by atoms with Crippen molar-refractivity contribution in [2.24, 2.45) is 0 Å². The zero-order chi connectivity index (χ0) is 17.9. The summed E-state index contributed by atoms with van der Waals surface area (Å²) in [6, 6.07) is 14.9. The monoisotopic (exact) mass is 343 g/mol. The van der Waals surface area contributed by atoms with Gasteiger partial charge in [0.15, 0.2) is 5.82 Å². The quantitative estimate of drug-likeness (QED) is 0.681. The Morgan fingerprint density at radius 2 is 1.64 bits per heavy atom. The van der Waals surface area contributed by atoms with Crippen LogP contribution in [0.25, 0.3) is 11.3 Å². The molecule has 0 saturated carbocycles. The van der Waals surface area contributed by atoms with Crippen LogP contribution in [0.5, 0.6) is 0 Å². The average Bonchev–Trinajstić information content (AvgIpc) is 2.62. The van der Waals surface area contributed by atoms with Crippen LogP contribution in [0.15, 0.2) is 67.0 Å². The Morgan fingerprint density at radius 3 is 2.36 bits per heavy atom. The highest BCUT2D eigenvalue weighted by molar-refractivity contribution is 5.72. The van der Waals surface area contributed by atoms with Crippen molar-refractivity contribution in [1.82, 2.24) is 9.97 Å². The van der Waals surface area contributed by atoms with Crippen molar-refractivity contribution in [3.8, 4) is 11.3 Å². The second-order valence-electron chi connectivity index (χ2n) is 5.65. The number of benzene rings is 2. The molecular formula is C19H16F3N3. The molecule has 1 heterocycles. The van der Waals surface area contributed by atoms with E-state index in [-0.39, 0.29) is 0 Å². The SMILES string of the molecule is CN(Cc1ccccc1)c1nccnc1-c1cccc(C(F)(F)F)c1. The number of anilines is 1. The van der Waals surface area contributed by atoms with E-state index in [1.807, 2.05) is 42.3 Å². The molecule has 6 heteroatoms. The lowest BCUT2D eigenvalue weighted by Gasteiger charge is -2.21. The van der Waals surface area contributed by atoms with Crippen molar-refractivity contribution in [3.63, 3.8) is 0 Å². The molecule has 0 radical (unpaired) electrons. The molecule has 128 valence electrons. The van der Waals surface area contributed by atoms with E-state index in [1.54, 1.807) is 6.07 Å². The highest BCUT2D eigenvalue weighted by Crippen LogP contribution is 2.33. The molecule has 0 spiro atoms. The molecule has 0 aliphatic rings. The number of aromatic nitrogens is 2. The normalized spacial score (nSPS) is 11.4. The van der Waals surface area contributed by atoms with Crippen LogP contribution in [0.2, 0.25) is 0 Å². The molecule has 0 unspecified atom stereocenters. The molecule has 1 aromatic heterocycles. The number of nitrogens with zero attached hydrogens (tertiary/aromatic N) is 3. The molecule has 0 atom stereocenters. The van der Waals surface area contributed by atoms with Crippen molar-refractivity contribution in [3.05, 3.63) is 78.1 Å². The minimum atomic E-state index is -4.39. The third-order valence-corrected chi connectivity index (χ3v) is 3.77. The maximum absolute atomic E-state index is 13.0. The van der Waals surface area contributed by atoms with Gasteiger partial charge < -0.3 is 4.90 Å². The van der Waals surface area contributed by atoms with Crippen molar-refractivity contribution >= 4 is 5.82 Å². The molecule has 2 aromatic carbocycles. The van der Waals surface area contributed by atoms with Gasteiger partial charge in [0, 0.05) is 31.5 Å². The van der Waals surface area contributed by atoms with Crippen LogP contribution in [0, 0.1) is 0 Å². The summed E-state index contributed by atoms with van der Waals surface area (Å²) in [6.07, 6.45) is -1.38. The zero-order valence-electron chi connectivity index (χ0n) is 13.5. The van der Waals surface area contributed by atoms with Crippen molar-refractivity contribution in [1.29, 1.82) is 0 Å². The average molecular weight is 343 g/mol. The van der Waals surface area contributed by atoms with Gasteiger partial charge in [-0.05, 0) is 17.7 Å². The highest BCUT2D eigenvalue weighted by Gasteiger charge is 2.30. The van der Waals surface area contributed by atoms with Gasteiger partial charge in [0.1, 0.15) is 5.69 Å². The van der Waals surface area contributed by atoms with Gasteiger partial charge in [-0.1, -0.05) is 42.5 Å². The summed E-state index contributed by atoms with van der Waals surface area (Å²) in [5.41, 5.74) is 1.18. The van der Waals surface area contributed by atoms with Gasteiger partial charge in [0.05, 0.1) is 5.56 Å². The first-order valence-electron chi connectivity index (χ1n) is 7.69. The Labute approximate surface area is 143 Å². The van der Waals surface area contributed by atoms with Crippen LogP contribution in [0.3, 0.4) is 0 Å². The molecule has 3 aromatic rings.